The Labute approximate surface area is 103 Å². The topological polar surface area (TPSA) is 9.23 Å². The van der Waals surface area contributed by atoms with Crippen LogP contribution in [0.3, 0.4) is 0 Å². The van der Waals surface area contributed by atoms with Crippen molar-refractivity contribution >= 4 is 0 Å². The number of benzene rings is 1. The van der Waals surface area contributed by atoms with E-state index in [9.17, 15) is 0 Å². The summed E-state index contributed by atoms with van der Waals surface area (Å²) in [5.74, 6) is 1.48. The standard InChI is InChI=1S/C16H20O/c1-12-9-14-7-8-15(10-12)16(14)17-11-13-5-3-2-4-6-13/h2-6,14-16H,1,7-11H2. The fourth-order valence-electron chi connectivity index (χ4n) is 3.44. The predicted molar refractivity (Wildman–Crippen MR) is 69.6 cm³/mol. The van der Waals surface area contributed by atoms with Gasteiger partial charge in [0.15, 0.2) is 0 Å². The second-order valence-electron chi connectivity index (χ2n) is 5.52. The van der Waals surface area contributed by atoms with Crippen molar-refractivity contribution in [3.63, 3.8) is 0 Å². The van der Waals surface area contributed by atoms with Crippen molar-refractivity contribution in [3.05, 3.63) is 48.0 Å². The monoisotopic (exact) mass is 228 g/mol. The maximum absolute atomic E-state index is 6.16. The molecule has 0 radical (unpaired) electrons. The number of allylic oxidation sites excluding steroid dienone is 1. The number of ether oxygens (including phenoxy) is 1. The maximum Gasteiger partial charge on any atom is 0.0720 e. The lowest BCUT2D eigenvalue weighted by Gasteiger charge is -2.31. The molecule has 0 saturated heterocycles. The summed E-state index contributed by atoms with van der Waals surface area (Å²) in [4.78, 5) is 0. The highest BCUT2D eigenvalue weighted by atomic mass is 16.5. The van der Waals surface area contributed by atoms with Gasteiger partial charge in [0.25, 0.3) is 0 Å². The number of hydrogen-bond acceptors (Lipinski definition) is 1. The van der Waals surface area contributed by atoms with Gasteiger partial charge in [-0.25, -0.2) is 0 Å². The second-order valence-corrected chi connectivity index (χ2v) is 5.52. The molecule has 0 aliphatic heterocycles. The third-order valence-corrected chi connectivity index (χ3v) is 4.22. The van der Waals surface area contributed by atoms with Crippen molar-refractivity contribution in [2.45, 2.75) is 38.4 Å². The molecule has 90 valence electrons. The Balaban J connectivity index is 1.61. The number of fused-ring (bicyclic) bond motifs is 2. The quantitative estimate of drug-likeness (QED) is 0.712. The molecule has 2 atom stereocenters. The van der Waals surface area contributed by atoms with Crippen LogP contribution >= 0.6 is 0 Å². The van der Waals surface area contributed by atoms with Crippen LogP contribution in [0.5, 0.6) is 0 Å². The van der Waals surface area contributed by atoms with Crippen molar-refractivity contribution in [1.82, 2.24) is 0 Å². The van der Waals surface area contributed by atoms with E-state index in [4.69, 9.17) is 4.74 Å². The predicted octanol–water partition coefficient (Wildman–Crippen LogP) is 3.95. The Kier molecular flexibility index (Phi) is 3.02. The summed E-state index contributed by atoms with van der Waals surface area (Å²) in [6, 6.07) is 10.5. The van der Waals surface area contributed by atoms with Gasteiger partial charge in [-0.05, 0) is 43.1 Å². The molecule has 3 rings (SSSR count). The number of rotatable bonds is 3. The van der Waals surface area contributed by atoms with Crippen LogP contribution in [0.25, 0.3) is 0 Å². The molecule has 0 N–H and O–H groups in total. The van der Waals surface area contributed by atoms with Crippen LogP contribution in [0.15, 0.2) is 42.5 Å². The zero-order valence-electron chi connectivity index (χ0n) is 10.3. The SMILES string of the molecule is C=C1CC2CCC(C1)C2OCc1ccccc1. The average Bonchev–Trinajstić information content (AvgIpc) is 2.59. The molecular formula is C16H20O. The van der Waals surface area contributed by atoms with Crippen LogP contribution in [0, 0.1) is 11.8 Å². The molecule has 2 bridgehead atoms. The fourth-order valence-corrected chi connectivity index (χ4v) is 3.44. The fraction of sp³-hybridized carbons (Fsp3) is 0.500. The Morgan fingerprint density at radius 1 is 1.06 bits per heavy atom. The highest BCUT2D eigenvalue weighted by Gasteiger charge is 2.40. The lowest BCUT2D eigenvalue weighted by molar-refractivity contribution is -0.0199. The van der Waals surface area contributed by atoms with Crippen molar-refractivity contribution in [3.8, 4) is 0 Å². The van der Waals surface area contributed by atoms with E-state index in [1.165, 1.54) is 36.8 Å². The van der Waals surface area contributed by atoms with E-state index >= 15 is 0 Å². The molecule has 1 heteroatoms. The minimum absolute atomic E-state index is 0.487. The van der Waals surface area contributed by atoms with E-state index in [2.05, 4.69) is 36.9 Å². The number of hydrogen-bond donors (Lipinski definition) is 0. The van der Waals surface area contributed by atoms with Crippen molar-refractivity contribution < 1.29 is 4.74 Å². The van der Waals surface area contributed by atoms with Gasteiger partial charge in [-0.2, -0.15) is 0 Å². The Morgan fingerprint density at radius 3 is 2.35 bits per heavy atom. The van der Waals surface area contributed by atoms with E-state index in [-0.39, 0.29) is 0 Å². The van der Waals surface area contributed by atoms with Crippen LogP contribution in [-0.2, 0) is 11.3 Å². The van der Waals surface area contributed by atoms with Crippen molar-refractivity contribution in [1.29, 1.82) is 0 Å². The van der Waals surface area contributed by atoms with E-state index in [1.54, 1.807) is 0 Å². The molecule has 0 spiro atoms. The Hall–Kier alpha value is -1.08. The van der Waals surface area contributed by atoms with E-state index in [1.807, 2.05) is 0 Å². The van der Waals surface area contributed by atoms with Crippen molar-refractivity contribution in [2.24, 2.45) is 11.8 Å². The molecule has 2 aliphatic carbocycles. The van der Waals surface area contributed by atoms with Crippen LogP contribution in [-0.4, -0.2) is 6.10 Å². The molecule has 2 fully saturated rings. The van der Waals surface area contributed by atoms with Gasteiger partial charge < -0.3 is 4.74 Å². The minimum Gasteiger partial charge on any atom is -0.373 e. The minimum atomic E-state index is 0.487. The van der Waals surface area contributed by atoms with Gasteiger partial charge in [-0.15, -0.1) is 0 Å². The second kappa shape index (κ2) is 4.66. The van der Waals surface area contributed by atoms with Gasteiger partial charge in [0.2, 0.25) is 0 Å². The van der Waals surface area contributed by atoms with Crippen molar-refractivity contribution in [2.75, 3.05) is 0 Å². The average molecular weight is 228 g/mol. The molecular weight excluding hydrogens is 208 g/mol. The summed E-state index contributed by atoms with van der Waals surface area (Å²) in [5.41, 5.74) is 2.73. The van der Waals surface area contributed by atoms with Crippen LogP contribution in [0.2, 0.25) is 0 Å². The first kappa shape index (κ1) is 11.0. The lowest BCUT2D eigenvalue weighted by atomic mass is 9.83. The van der Waals surface area contributed by atoms with Crippen LogP contribution in [0.4, 0.5) is 0 Å². The summed E-state index contributed by atoms with van der Waals surface area (Å²) in [7, 11) is 0. The zero-order valence-corrected chi connectivity index (χ0v) is 10.3. The van der Waals surface area contributed by atoms with Crippen LogP contribution < -0.4 is 0 Å². The summed E-state index contributed by atoms with van der Waals surface area (Å²) in [6.07, 6.45) is 5.54. The Morgan fingerprint density at radius 2 is 1.71 bits per heavy atom. The molecule has 2 saturated carbocycles. The smallest absolute Gasteiger partial charge is 0.0720 e. The molecule has 2 aliphatic rings. The molecule has 2 unspecified atom stereocenters. The summed E-state index contributed by atoms with van der Waals surface area (Å²) in [5, 5.41) is 0. The van der Waals surface area contributed by atoms with Gasteiger partial charge in [0.05, 0.1) is 12.7 Å². The summed E-state index contributed by atoms with van der Waals surface area (Å²) >= 11 is 0. The van der Waals surface area contributed by atoms with Gasteiger partial charge in [0, 0.05) is 0 Å². The molecule has 1 aromatic carbocycles. The van der Waals surface area contributed by atoms with E-state index in [0.717, 1.165) is 18.4 Å². The third kappa shape index (κ3) is 2.30. The zero-order chi connectivity index (χ0) is 11.7. The molecule has 0 heterocycles. The normalized spacial score (nSPS) is 31.8. The lowest BCUT2D eigenvalue weighted by Crippen LogP contribution is -2.29. The largest absolute Gasteiger partial charge is 0.373 e. The van der Waals surface area contributed by atoms with Gasteiger partial charge in [-0.3, -0.25) is 0 Å². The molecule has 1 aromatic rings. The first-order valence-electron chi connectivity index (χ1n) is 6.65. The maximum atomic E-state index is 6.16. The van der Waals surface area contributed by atoms with Gasteiger partial charge in [-0.1, -0.05) is 42.5 Å². The van der Waals surface area contributed by atoms with E-state index in [0.29, 0.717) is 6.10 Å². The first-order chi connectivity index (χ1) is 8.33. The van der Waals surface area contributed by atoms with Gasteiger partial charge in [0.1, 0.15) is 0 Å². The van der Waals surface area contributed by atoms with Gasteiger partial charge >= 0.3 is 0 Å². The Bertz CT molecular complexity index is 379. The molecule has 0 amide bonds. The molecule has 0 aromatic heterocycles. The summed E-state index contributed by atoms with van der Waals surface area (Å²) < 4.78 is 6.16. The van der Waals surface area contributed by atoms with Crippen LogP contribution in [0.1, 0.15) is 31.2 Å². The first-order valence-corrected chi connectivity index (χ1v) is 6.65. The summed E-state index contributed by atoms with van der Waals surface area (Å²) in [6.45, 7) is 4.92. The highest BCUT2D eigenvalue weighted by molar-refractivity contribution is 5.14. The highest BCUT2D eigenvalue weighted by Crippen LogP contribution is 2.45. The molecule has 17 heavy (non-hydrogen) atoms. The third-order valence-electron chi connectivity index (χ3n) is 4.22. The molecule has 1 nitrogen and oxygen atoms in total. The van der Waals surface area contributed by atoms with E-state index < -0.39 is 0 Å².